The number of rotatable bonds is 6. The van der Waals surface area contributed by atoms with Crippen LogP contribution in [-0.2, 0) is 10.0 Å². The zero-order valence-electron chi connectivity index (χ0n) is 11.0. The lowest BCUT2D eigenvalue weighted by atomic mass is 10.2. The first-order valence-electron chi connectivity index (χ1n) is 5.80. The highest BCUT2D eigenvalue weighted by molar-refractivity contribution is 7.89. The number of hydrogen-bond acceptors (Lipinski definition) is 4. The maximum absolute atomic E-state index is 12.2. The molecule has 0 spiro atoms. The van der Waals surface area contributed by atoms with E-state index in [1.54, 1.807) is 6.92 Å². The summed E-state index contributed by atoms with van der Waals surface area (Å²) in [7, 11) is -3.86. The second-order valence-corrected chi connectivity index (χ2v) is 5.94. The van der Waals surface area contributed by atoms with Crippen LogP contribution in [0.15, 0.2) is 4.90 Å². The molecule has 0 saturated heterocycles. The van der Waals surface area contributed by atoms with Crippen LogP contribution in [0.1, 0.15) is 35.1 Å². The molecule has 0 unspecified atom stereocenters. The van der Waals surface area contributed by atoms with Gasteiger partial charge in [-0.25, -0.2) is 17.9 Å². The van der Waals surface area contributed by atoms with E-state index in [0.29, 0.717) is 6.42 Å². The third kappa shape index (κ3) is 3.14. The summed E-state index contributed by atoms with van der Waals surface area (Å²) in [6, 6.07) is -0.591. The molecule has 7 nitrogen and oxygen atoms in total. The van der Waals surface area contributed by atoms with Crippen molar-refractivity contribution in [2.75, 3.05) is 6.61 Å². The predicted octanol–water partition coefficient (Wildman–Crippen LogP) is 0.379. The van der Waals surface area contributed by atoms with E-state index in [0.717, 1.165) is 0 Å². The Labute approximate surface area is 111 Å². The molecule has 1 atom stereocenters. The molecule has 108 valence electrons. The van der Waals surface area contributed by atoms with Gasteiger partial charge >= 0.3 is 5.97 Å². The summed E-state index contributed by atoms with van der Waals surface area (Å²) in [6.07, 6.45) is 0.435. The fourth-order valence-electron chi connectivity index (χ4n) is 1.88. The quantitative estimate of drug-likeness (QED) is 0.604. The minimum Gasteiger partial charge on any atom is -0.477 e. The Morgan fingerprint density at radius 3 is 2.37 bits per heavy atom. The molecule has 8 heteroatoms. The number of aromatic nitrogens is 1. The molecule has 0 amide bonds. The lowest BCUT2D eigenvalue weighted by Gasteiger charge is -2.14. The van der Waals surface area contributed by atoms with Crippen molar-refractivity contribution in [3.05, 3.63) is 17.0 Å². The number of carbonyl (C=O) groups is 1. The van der Waals surface area contributed by atoms with E-state index in [-0.39, 0.29) is 28.5 Å². The minimum atomic E-state index is -3.86. The molecular formula is C11H18N2O5S. The summed E-state index contributed by atoms with van der Waals surface area (Å²) < 4.78 is 26.8. The standard InChI is InChI=1S/C11H18N2O5S/c1-4-8(5-14)13-19(17,18)10-6(2)9(11(15)16)12-7(10)3/h8,12-14H,4-5H2,1-3H3,(H,15,16)/t8-/m1/s1. The molecule has 0 aliphatic carbocycles. The lowest BCUT2D eigenvalue weighted by molar-refractivity contribution is 0.0690. The van der Waals surface area contributed by atoms with Gasteiger partial charge in [0.05, 0.1) is 6.61 Å². The number of aliphatic hydroxyl groups excluding tert-OH is 1. The summed E-state index contributed by atoms with van der Waals surface area (Å²) in [5.74, 6) is -1.21. The number of aromatic amines is 1. The SMILES string of the molecule is CC[C@H](CO)NS(=O)(=O)c1c(C)[nH]c(C(=O)O)c1C. The van der Waals surface area contributed by atoms with Crippen molar-refractivity contribution in [2.24, 2.45) is 0 Å². The fourth-order valence-corrected chi connectivity index (χ4v) is 3.63. The summed E-state index contributed by atoms with van der Waals surface area (Å²) in [6.45, 7) is 4.35. The van der Waals surface area contributed by atoms with E-state index in [4.69, 9.17) is 10.2 Å². The molecule has 0 bridgehead atoms. The van der Waals surface area contributed by atoms with Crippen molar-refractivity contribution >= 4 is 16.0 Å². The number of nitrogens with one attached hydrogen (secondary N) is 2. The van der Waals surface area contributed by atoms with Crippen LogP contribution in [0.3, 0.4) is 0 Å². The maximum Gasteiger partial charge on any atom is 0.352 e. The van der Waals surface area contributed by atoms with Gasteiger partial charge < -0.3 is 15.2 Å². The van der Waals surface area contributed by atoms with E-state index in [2.05, 4.69) is 9.71 Å². The first-order valence-corrected chi connectivity index (χ1v) is 7.28. The topological polar surface area (TPSA) is 119 Å². The van der Waals surface area contributed by atoms with Crippen molar-refractivity contribution in [3.63, 3.8) is 0 Å². The molecule has 0 aliphatic rings. The molecule has 0 aromatic carbocycles. The number of aliphatic hydroxyl groups is 1. The summed E-state index contributed by atoms with van der Waals surface area (Å²) in [5, 5.41) is 18.0. The Kier molecular flexibility index (Phi) is 4.72. The number of carboxylic acid groups (broad SMARTS) is 1. The second kappa shape index (κ2) is 5.72. The molecule has 1 heterocycles. The van der Waals surface area contributed by atoms with Crippen molar-refractivity contribution < 1.29 is 23.4 Å². The van der Waals surface area contributed by atoms with Gasteiger partial charge in [-0.2, -0.15) is 0 Å². The Balaban J connectivity index is 3.26. The Morgan fingerprint density at radius 2 is 2.00 bits per heavy atom. The molecule has 1 rings (SSSR count). The van der Waals surface area contributed by atoms with Crippen molar-refractivity contribution in [3.8, 4) is 0 Å². The lowest BCUT2D eigenvalue weighted by Crippen LogP contribution is -2.37. The Morgan fingerprint density at radius 1 is 1.42 bits per heavy atom. The molecule has 19 heavy (non-hydrogen) atoms. The number of carboxylic acids is 1. The van der Waals surface area contributed by atoms with Crippen LogP contribution in [0, 0.1) is 13.8 Å². The van der Waals surface area contributed by atoms with Crippen LogP contribution in [0.4, 0.5) is 0 Å². The Hall–Kier alpha value is -1.38. The summed E-state index contributed by atoms with van der Waals surface area (Å²) in [4.78, 5) is 13.4. The number of aromatic carboxylic acids is 1. The highest BCUT2D eigenvalue weighted by Gasteiger charge is 2.27. The van der Waals surface area contributed by atoms with Crippen molar-refractivity contribution in [1.29, 1.82) is 0 Å². The van der Waals surface area contributed by atoms with Crippen LogP contribution >= 0.6 is 0 Å². The molecule has 0 saturated carbocycles. The van der Waals surface area contributed by atoms with Gasteiger partial charge in [-0.05, 0) is 20.3 Å². The van der Waals surface area contributed by atoms with Gasteiger partial charge in [-0.15, -0.1) is 0 Å². The average molecular weight is 290 g/mol. The fraction of sp³-hybridized carbons (Fsp3) is 0.545. The van der Waals surface area contributed by atoms with E-state index in [9.17, 15) is 13.2 Å². The molecule has 1 aromatic rings. The number of hydrogen-bond donors (Lipinski definition) is 4. The van der Waals surface area contributed by atoms with Crippen molar-refractivity contribution in [2.45, 2.75) is 38.1 Å². The smallest absolute Gasteiger partial charge is 0.352 e. The highest BCUT2D eigenvalue weighted by atomic mass is 32.2. The van der Waals surface area contributed by atoms with Crippen LogP contribution in [-0.4, -0.2) is 42.2 Å². The van der Waals surface area contributed by atoms with Gasteiger partial charge in [0.15, 0.2) is 0 Å². The second-order valence-electron chi connectivity index (χ2n) is 4.29. The third-order valence-corrected chi connectivity index (χ3v) is 4.68. The van der Waals surface area contributed by atoms with Gasteiger partial charge in [0, 0.05) is 17.3 Å². The monoisotopic (exact) mass is 290 g/mol. The number of sulfonamides is 1. The first kappa shape index (κ1) is 15.7. The van der Waals surface area contributed by atoms with E-state index >= 15 is 0 Å². The number of H-pyrrole nitrogens is 1. The normalized spacial score (nSPS) is 13.5. The average Bonchev–Trinajstić information content (AvgIpc) is 2.62. The maximum atomic E-state index is 12.2. The van der Waals surface area contributed by atoms with Crippen LogP contribution in [0.25, 0.3) is 0 Å². The molecule has 1 aromatic heterocycles. The molecule has 0 fully saturated rings. The molecular weight excluding hydrogens is 272 g/mol. The summed E-state index contributed by atoms with van der Waals surface area (Å²) in [5.41, 5.74) is 0.274. The van der Waals surface area contributed by atoms with E-state index < -0.39 is 22.0 Å². The van der Waals surface area contributed by atoms with Crippen LogP contribution in [0.5, 0.6) is 0 Å². The summed E-state index contributed by atoms with van der Waals surface area (Å²) >= 11 is 0. The highest BCUT2D eigenvalue weighted by Crippen LogP contribution is 2.23. The van der Waals surface area contributed by atoms with Crippen molar-refractivity contribution in [1.82, 2.24) is 9.71 Å². The zero-order chi connectivity index (χ0) is 14.8. The van der Waals surface area contributed by atoms with E-state index in [1.165, 1.54) is 13.8 Å². The van der Waals surface area contributed by atoms with Gasteiger partial charge in [-0.3, -0.25) is 0 Å². The zero-order valence-corrected chi connectivity index (χ0v) is 11.8. The van der Waals surface area contributed by atoms with Gasteiger partial charge in [-0.1, -0.05) is 6.92 Å². The van der Waals surface area contributed by atoms with E-state index in [1.807, 2.05) is 0 Å². The largest absolute Gasteiger partial charge is 0.477 e. The molecule has 0 aliphatic heterocycles. The molecule has 0 radical (unpaired) electrons. The third-order valence-electron chi connectivity index (χ3n) is 2.89. The minimum absolute atomic E-state index is 0.0724. The number of aryl methyl sites for hydroxylation is 1. The van der Waals surface area contributed by atoms with Crippen LogP contribution < -0.4 is 4.72 Å². The molecule has 4 N–H and O–H groups in total. The Bertz CT molecular complexity index is 572. The van der Waals surface area contributed by atoms with Gasteiger partial charge in [0.2, 0.25) is 10.0 Å². The van der Waals surface area contributed by atoms with Crippen LogP contribution in [0.2, 0.25) is 0 Å². The van der Waals surface area contributed by atoms with Gasteiger partial charge in [0.25, 0.3) is 0 Å². The van der Waals surface area contributed by atoms with Gasteiger partial charge in [0.1, 0.15) is 10.6 Å². The predicted molar refractivity (Wildman–Crippen MR) is 68.7 cm³/mol. The first-order chi connectivity index (χ1) is 8.74.